The molecule has 8 heteroatoms. The Morgan fingerprint density at radius 3 is 2.74 bits per heavy atom. The molecule has 1 rings (SSSR count). The lowest BCUT2D eigenvalue weighted by molar-refractivity contribution is -0.139. The summed E-state index contributed by atoms with van der Waals surface area (Å²) in [5, 5.41) is 9.07. The molecule has 1 saturated heterocycles. The summed E-state index contributed by atoms with van der Waals surface area (Å²) in [5.41, 5.74) is 0. The van der Waals surface area contributed by atoms with E-state index in [2.05, 4.69) is 4.72 Å². The molecule has 1 unspecified atom stereocenters. The van der Waals surface area contributed by atoms with E-state index in [0.717, 1.165) is 19.3 Å². The third kappa shape index (κ3) is 4.94. The normalized spacial score (nSPS) is 23.2. The van der Waals surface area contributed by atoms with E-state index in [0.29, 0.717) is 12.3 Å². The van der Waals surface area contributed by atoms with E-state index in [1.807, 2.05) is 13.2 Å². The van der Waals surface area contributed by atoms with Gasteiger partial charge in [-0.15, -0.1) is 0 Å². The van der Waals surface area contributed by atoms with Gasteiger partial charge in [0.25, 0.3) is 10.2 Å². The summed E-state index contributed by atoms with van der Waals surface area (Å²) in [6.07, 6.45) is 4.82. The van der Waals surface area contributed by atoms with E-state index >= 15 is 0 Å². The summed E-state index contributed by atoms with van der Waals surface area (Å²) in [6, 6.07) is -1.12. The van der Waals surface area contributed by atoms with Crippen molar-refractivity contribution >= 4 is 27.9 Å². The van der Waals surface area contributed by atoms with Crippen molar-refractivity contribution in [2.45, 2.75) is 44.7 Å². The maximum Gasteiger partial charge on any atom is 0.321 e. The van der Waals surface area contributed by atoms with Crippen LogP contribution in [-0.4, -0.2) is 54.4 Å². The zero-order chi connectivity index (χ0) is 14.5. The fourth-order valence-electron chi connectivity index (χ4n) is 2.14. The van der Waals surface area contributed by atoms with Crippen LogP contribution in [-0.2, 0) is 15.0 Å². The number of hydrogen-bond donors (Lipinski definition) is 2. The lowest BCUT2D eigenvalue weighted by atomic mass is 10.1. The largest absolute Gasteiger partial charge is 0.480 e. The van der Waals surface area contributed by atoms with E-state index in [4.69, 9.17) is 5.11 Å². The summed E-state index contributed by atoms with van der Waals surface area (Å²) in [6.45, 7) is 2.32. The molecule has 112 valence electrons. The number of piperidine rings is 1. The Bertz CT molecular complexity index is 399. The third-order valence-electron chi connectivity index (χ3n) is 3.25. The van der Waals surface area contributed by atoms with Crippen LogP contribution in [0.1, 0.15) is 32.6 Å². The topological polar surface area (TPSA) is 86.7 Å². The van der Waals surface area contributed by atoms with Gasteiger partial charge in [-0.05, 0) is 38.2 Å². The van der Waals surface area contributed by atoms with Gasteiger partial charge in [0.1, 0.15) is 6.04 Å². The number of hydrogen-bond acceptors (Lipinski definition) is 4. The summed E-state index contributed by atoms with van der Waals surface area (Å²) in [4.78, 5) is 11.1. The van der Waals surface area contributed by atoms with Crippen molar-refractivity contribution in [1.29, 1.82) is 0 Å². The number of thioether (sulfide) groups is 1. The quantitative estimate of drug-likeness (QED) is 0.729. The average Bonchev–Trinajstić information content (AvgIpc) is 2.34. The molecule has 0 radical (unpaired) electrons. The maximum atomic E-state index is 12.2. The molecule has 0 saturated carbocycles. The van der Waals surface area contributed by atoms with E-state index in [9.17, 15) is 13.2 Å². The van der Waals surface area contributed by atoms with Crippen LogP contribution in [0.2, 0.25) is 0 Å². The van der Waals surface area contributed by atoms with Crippen LogP contribution >= 0.6 is 11.8 Å². The Labute approximate surface area is 119 Å². The van der Waals surface area contributed by atoms with Crippen molar-refractivity contribution < 1.29 is 18.3 Å². The molecule has 2 atom stereocenters. The predicted octanol–water partition coefficient (Wildman–Crippen LogP) is 0.901. The predicted molar refractivity (Wildman–Crippen MR) is 76.5 cm³/mol. The molecule has 19 heavy (non-hydrogen) atoms. The van der Waals surface area contributed by atoms with Crippen LogP contribution in [0.5, 0.6) is 0 Å². The van der Waals surface area contributed by atoms with Gasteiger partial charge in [0.15, 0.2) is 0 Å². The van der Waals surface area contributed by atoms with Gasteiger partial charge in [-0.1, -0.05) is 6.42 Å². The molecule has 0 aromatic rings. The van der Waals surface area contributed by atoms with Crippen molar-refractivity contribution in [2.75, 3.05) is 18.6 Å². The highest BCUT2D eigenvalue weighted by molar-refractivity contribution is 7.98. The molecule has 0 aromatic carbocycles. The number of carbonyl (C=O) groups is 1. The van der Waals surface area contributed by atoms with Gasteiger partial charge in [0, 0.05) is 12.6 Å². The first-order valence-electron chi connectivity index (χ1n) is 6.39. The van der Waals surface area contributed by atoms with Crippen molar-refractivity contribution in [3.8, 4) is 0 Å². The maximum absolute atomic E-state index is 12.2. The molecule has 0 bridgehead atoms. The highest BCUT2D eigenvalue weighted by Crippen LogP contribution is 2.19. The molecule has 0 aliphatic carbocycles. The van der Waals surface area contributed by atoms with Gasteiger partial charge in [-0.25, -0.2) is 0 Å². The molecular formula is C11H22N2O4S2. The molecule has 2 N–H and O–H groups in total. The third-order valence-corrected chi connectivity index (χ3v) is 5.64. The van der Waals surface area contributed by atoms with Gasteiger partial charge in [-0.2, -0.15) is 29.2 Å². The summed E-state index contributed by atoms with van der Waals surface area (Å²) in [5.74, 6) is -0.517. The first-order valence-corrected chi connectivity index (χ1v) is 9.22. The first kappa shape index (κ1) is 16.7. The fourth-order valence-corrected chi connectivity index (χ4v) is 4.28. The Morgan fingerprint density at radius 2 is 2.21 bits per heavy atom. The summed E-state index contributed by atoms with van der Waals surface area (Å²) < 4.78 is 28.1. The SMILES string of the molecule is CSCC[C@H](NS(=O)(=O)N1CCCCC1C)C(=O)O. The summed E-state index contributed by atoms with van der Waals surface area (Å²) >= 11 is 1.50. The minimum Gasteiger partial charge on any atom is -0.480 e. The second-order valence-corrected chi connectivity index (χ2v) is 7.39. The van der Waals surface area contributed by atoms with Crippen LogP contribution in [0.25, 0.3) is 0 Å². The van der Waals surface area contributed by atoms with Crippen LogP contribution in [0.15, 0.2) is 0 Å². The second-order valence-electron chi connectivity index (χ2n) is 4.75. The van der Waals surface area contributed by atoms with Crippen LogP contribution in [0.3, 0.4) is 0 Å². The standard InChI is InChI=1S/C11H22N2O4S2/c1-9-5-3-4-7-13(9)19(16,17)12-10(11(14)15)6-8-18-2/h9-10,12H,3-8H2,1-2H3,(H,14,15)/t9?,10-/m0/s1. The number of nitrogens with zero attached hydrogens (tertiary/aromatic N) is 1. The van der Waals surface area contributed by atoms with E-state index in [1.165, 1.54) is 16.1 Å². The van der Waals surface area contributed by atoms with Crippen LogP contribution in [0.4, 0.5) is 0 Å². The molecule has 1 aliphatic rings. The smallest absolute Gasteiger partial charge is 0.321 e. The fraction of sp³-hybridized carbons (Fsp3) is 0.909. The number of aliphatic carboxylic acids is 1. The molecule has 1 aliphatic heterocycles. The van der Waals surface area contributed by atoms with Gasteiger partial charge >= 0.3 is 5.97 Å². The van der Waals surface area contributed by atoms with Crippen molar-refractivity contribution in [3.63, 3.8) is 0 Å². The highest BCUT2D eigenvalue weighted by atomic mass is 32.2. The van der Waals surface area contributed by atoms with E-state index in [-0.39, 0.29) is 12.5 Å². The second kappa shape index (κ2) is 7.47. The van der Waals surface area contributed by atoms with Crippen molar-refractivity contribution in [3.05, 3.63) is 0 Å². The molecule has 0 amide bonds. The first-order chi connectivity index (χ1) is 8.88. The molecule has 0 aromatic heterocycles. The monoisotopic (exact) mass is 310 g/mol. The molecule has 0 spiro atoms. The molecule has 1 heterocycles. The number of carboxylic acid groups (broad SMARTS) is 1. The Morgan fingerprint density at radius 1 is 1.53 bits per heavy atom. The Kier molecular flexibility index (Phi) is 6.58. The zero-order valence-electron chi connectivity index (χ0n) is 11.3. The molecular weight excluding hydrogens is 288 g/mol. The Hall–Kier alpha value is -0.310. The van der Waals surface area contributed by atoms with Crippen molar-refractivity contribution in [1.82, 2.24) is 9.03 Å². The van der Waals surface area contributed by atoms with E-state index < -0.39 is 22.2 Å². The van der Waals surface area contributed by atoms with Crippen LogP contribution < -0.4 is 4.72 Å². The minimum absolute atomic E-state index is 0.0683. The Balaban J connectivity index is 2.72. The number of nitrogens with one attached hydrogen (secondary N) is 1. The lowest BCUT2D eigenvalue weighted by Crippen LogP contribution is -2.52. The molecule has 6 nitrogen and oxygen atoms in total. The van der Waals surface area contributed by atoms with E-state index in [1.54, 1.807) is 0 Å². The minimum atomic E-state index is -3.71. The lowest BCUT2D eigenvalue weighted by Gasteiger charge is -2.33. The van der Waals surface area contributed by atoms with Crippen molar-refractivity contribution in [2.24, 2.45) is 0 Å². The van der Waals surface area contributed by atoms with Gasteiger partial charge in [-0.3, -0.25) is 4.79 Å². The average molecular weight is 310 g/mol. The van der Waals surface area contributed by atoms with Gasteiger partial charge in [0.05, 0.1) is 0 Å². The zero-order valence-corrected chi connectivity index (χ0v) is 13.0. The van der Waals surface area contributed by atoms with Crippen LogP contribution in [0, 0.1) is 0 Å². The number of carboxylic acids is 1. The van der Waals surface area contributed by atoms with Gasteiger partial charge < -0.3 is 5.11 Å². The summed E-state index contributed by atoms with van der Waals surface area (Å²) in [7, 11) is -3.71. The highest BCUT2D eigenvalue weighted by Gasteiger charge is 2.33. The molecule has 1 fully saturated rings. The number of rotatable bonds is 7. The van der Waals surface area contributed by atoms with Gasteiger partial charge in [0.2, 0.25) is 0 Å².